The van der Waals surface area contributed by atoms with Crippen LogP contribution in [0.2, 0.25) is 0 Å². The second kappa shape index (κ2) is 6.89. The van der Waals surface area contributed by atoms with E-state index in [9.17, 15) is 18.0 Å². The van der Waals surface area contributed by atoms with Crippen LogP contribution in [0.3, 0.4) is 0 Å². The van der Waals surface area contributed by atoms with Gasteiger partial charge in [-0.15, -0.1) is 18.3 Å². The normalized spacial score (nSPS) is 20.8. The van der Waals surface area contributed by atoms with E-state index in [1.54, 1.807) is 12.3 Å². The predicted molar refractivity (Wildman–Crippen MR) is 102 cm³/mol. The van der Waals surface area contributed by atoms with Crippen LogP contribution in [0, 0.1) is 0 Å². The molecule has 3 heterocycles. The number of allylic oxidation sites excluding steroid dienone is 2. The minimum absolute atomic E-state index is 0.0133. The average molecular weight is 431 g/mol. The summed E-state index contributed by atoms with van der Waals surface area (Å²) < 4.78 is 48.4. The van der Waals surface area contributed by atoms with Crippen molar-refractivity contribution in [2.24, 2.45) is 0 Å². The lowest BCUT2D eigenvalue weighted by Gasteiger charge is -2.34. The molecule has 1 aromatic carbocycles. The first kappa shape index (κ1) is 19.2. The van der Waals surface area contributed by atoms with Gasteiger partial charge in [-0.3, -0.25) is 4.79 Å². The Kier molecular flexibility index (Phi) is 4.27. The van der Waals surface area contributed by atoms with E-state index < -0.39 is 12.4 Å². The molecular weight excluding hydrogens is 415 g/mol. The number of halogens is 3. The topological polar surface area (TPSA) is 108 Å². The number of nitrogens with one attached hydrogen (secondary N) is 1. The molecule has 0 fully saturated rings. The Morgan fingerprint density at radius 2 is 1.97 bits per heavy atom. The van der Waals surface area contributed by atoms with Gasteiger partial charge in [0.2, 0.25) is 11.9 Å². The van der Waals surface area contributed by atoms with Gasteiger partial charge in [0, 0.05) is 23.6 Å². The predicted octanol–water partition coefficient (Wildman–Crippen LogP) is 3.77. The van der Waals surface area contributed by atoms with Crippen LogP contribution in [0.4, 0.5) is 25.1 Å². The van der Waals surface area contributed by atoms with Crippen LogP contribution in [0.25, 0.3) is 0 Å². The summed E-state index contributed by atoms with van der Waals surface area (Å²) in [5.41, 5.74) is 7.47. The molecule has 3 aromatic rings. The maximum atomic E-state index is 13.2. The van der Waals surface area contributed by atoms with Crippen LogP contribution >= 0.6 is 0 Å². The second-order valence-corrected chi connectivity index (χ2v) is 7.32. The number of benzene rings is 1. The third kappa shape index (κ3) is 3.51. The molecule has 1 aliphatic heterocycles. The van der Waals surface area contributed by atoms with Crippen LogP contribution in [-0.4, -0.2) is 26.9 Å². The van der Waals surface area contributed by atoms with Crippen molar-refractivity contribution in [1.29, 1.82) is 0 Å². The van der Waals surface area contributed by atoms with Crippen LogP contribution in [-0.2, 0) is 4.79 Å². The number of ketones is 1. The minimum Gasteiger partial charge on any atom is -0.469 e. The van der Waals surface area contributed by atoms with Gasteiger partial charge < -0.3 is 20.2 Å². The molecule has 8 nitrogen and oxygen atoms in total. The molecule has 160 valence electrons. The van der Waals surface area contributed by atoms with E-state index in [0.29, 0.717) is 35.0 Å². The third-order valence-corrected chi connectivity index (χ3v) is 5.31. The van der Waals surface area contributed by atoms with E-state index in [4.69, 9.17) is 10.2 Å². The van der Waals surface area contributed by atoms with Gasteiger partial charge in [-0.1, -0.05) is 12.1 Å². The van der Waals surface area contributed by atoms with Crippen LogP contribution in [0.15, 0.2) is 58.3 Å². The van der Waals surface area contributed by atoms with Crippen molar-refractivity contribution in [3.63, 3.8) is 0 Å². The number of furan rings is 1. The summed E-state index contributed by atoms with van der Waals surface area (Å²) in [4.78, 5) is 17.4. The van der Waals surface area contributed by atoms with Gasteiger partial charge in [0.1, 0.15) is 17.6 Å². The van der Waals surface area contributed by atoms with Gasteiger partial charge in [0.25, 0.3) is 0 Å². The molecule has 0 unspecified atom stereocenters. The van der Waals surface area contributed by atoms with E-state index in [1.165, 1.54) is 28.9 Å². The first-order valence-electron chi connectivity index (χ1n) is 9.43. The molecule has 3 N–H and O–H groups in total. The summed E-state index contributed by atoms with van der Waals surface area (Å²) in [6.45, 7) is 0. The number of hydrogen-bond acceptors (Lipinski definition) is 7. The van der Waals surface area contributed by atoms with E-state index in [0.717, 1.165) is 0 Å². The van der Waals surface area contributed by atoms with E-state index >= 15 is 0 Å². The molecule has 11 heteroatoms. The van der Waals surface area contributed by atoms with E-state index in [1.807, 2.05) is 6.07 Å². The number of carbonyl (C=O) groups excluding carboxylic acids is 1. The van der Waals surface area contributed by atoms with Crippen LogP contribution in [0.5, 0.6) is 5.75 Å². The fourth-order valence-corrected chi connectivity index (χ4v) is 4.11. The number of alkyl halides is 3. The molecule has 31 heavy (non-hydrogen) atoms. The first-order valence-corrected chi connectivity index (χ1v) is 9.43. The number of ether oxygens (including phenoxy) is 1. The second-order valence-electron chi connectivity index (χ2n) is 7.32. The molecule has 0 spiro atoms. The van der Waals surface area contributed by atoms with Crippen molar-refractivity contribution >= 4 is 17.7 Å². The van der Waals surface area contributed by atoms with Crippen LogP contribution in [0.1, 0.15) is 36.1 Å². The van der Waals surface area contributed by atoms with Gasteiger partial charge in [-0.05, 0) is 36.2 Å². The van der Waals surface area contributed by atoms with Gasteiger partial charge in [-0.25, -0.2) is 4.68 Å². The number of nitrogens with two attached hydrogens (primary N) is 1. The quantitative estimate of drug-likeness (QED) is 0.650. The smallest absolute Gasteiger partial charge is 0.469 e. The molecule has 0 amide bonds. The number of aromatic nitrogens is 3. The summed E-state index contributed by atoms with van der Waals surface area (Å²) in [6.07, 6.45) is -2.49. The van der Waals surface area contributed by atoms with Crippen molar-refractivity contribution in [3.8, 4) is 5.75 Å². The van der Waals surface area contributed by atoms with E-state index in [-0.39, 0.29) is 29.8 Å². The molecule has 2 atom stereocenters. The zero-order chi connectivity index (χ0) is 21.8. The van der Waals surface area contributed by atoms with Crippen molar-refractivity contribution in [2.75, 3.05) is 11.1 Å². The average Bonchev–Trinajstić information content (AvgIpc) is 3.34. The molecular formula is C20H16F3N5O3. The number of anilines is 2. The standard InChI is InChI=1S/C20H16F3N5O3/c21-20(22,23)31-12-5-3-10(4-6-12)17-16-13(25-19-26-18(24)27-28(17)19)8-11(9-14(16)29)15-2-1-7-30-15/h1-7,11,17H,8-9H2,(H3,24,25,26,27)/t11-,17+/m1/s1. The number of fused-ring (bicyclic) bond motifs is 1. The Bertz CT molecular complexity index is 1170. The highest BCUT2D eigenvalue weighted by Crippen LogP contribution is 2.44. The number of nitrogens with zero attached hydrogens (tertiary/aromatic N) is 3. The Balaban J connectivity index is 1.55. The fraction of sp³-hybridized carbons (Fsp3) is 0.250. The zero-order valence-corrected chi connectivity index (χ0v) is 15.9. The van der Waals surface area contributed by atoms with Gasteiger partial charge in [0.05, 0.1) is 6.26 Å². The maximum absolute atomic E-state index is 13.2. The number of carbonyl (C=O) groups is 1. The highest BCUT2D eigenvalue weighted by atomic mass is 19.4. The van der Waals surface area contributed by atoms with Gasteiger partial charge in [0.15, 0.2) is 5.78 Å². The highest BCUT2D eigenvalue weighted by Gasteiger charge is 2.40. The Hall–Kier alpha value is -3.76. The maximum Gasteiger partial charge on any atom is 0.573 e. The van der Waals surface area contributed by atoms with Gasteiger partial charge >= 0.3 is 6.36 Å². The molecule has 0 saturated heterocycles. The zero-order valence-electron chi connectivity index (χ0n) is 15.9. The lowest BCUT2D eigenvalue weighted by atomic mass is 9.79. The minimum atomic E-state index is -4.79. The lowest BCUT2D eigenvalue weighted by Crippen LogP contribution is -2.33. The number of rotatable bonds is 3. The summed E-state index contributed by atoms with van der Waals surface area (Å²) >= 11 is 0. The number of hydrogen-bond donors (Lipinski definition) is 2. The summed E-state index contributed by atoms with van der Waals surface area (Å²) in [5, 5.41) is 7.33. The van der Waals surface area contributed by atoms with Crippen LogP contribution < -0.4 is 15.8 Å². The molecule has 0 bridgehead atoms. The number of Topliss-reactive ketones (excluding diaryl/α,β-unsaturated/α-hetero) is 1. The lowest BCUT2D eigenvalue weighted by molar-refractivity contribution is -0.274. The first-order chi connectivity index (χ1) is 14.8. The largest absolute Gasteiger partial charge is 0.573 e. The fourth-order valence-electron chi connectivity index (χ4n) is 4.11. The van der Waals surface area contributed by atoms with Crippen molar-refractivity contribution in [1.82, 2.24) is 14.8 Å². The molecule has 2 aromatic heterocycles. The van der Waals surface area contributed by atoms with Crippen molar-refractivity contribution in [3.05, 3.63) is 65.3 Å². The molecule has 0 saturated carbocycles. The molecule has 2 aliphatic rings. The Labute approximate surface area is 173 Å². The third-order valence-electron chi connectivity index (χ3n) is 5.31. The Morgan fingerprint density at radius 3 is 2.65 bits per heavy atom. The summed E-state index contributed by atoms with van der Waals surface area (Å²) in [6, 6.07) is 8.24. The van der Waals surface area contributed by atoms with E-state index in [2.05, 4.69) is 20.1 Å². The highest BCUT2D eigenvalue weighted by molar-refractivity contribution is 6.00. The molecule has 1 aliphatic carbocycles. The summed E-state index contributed by atoms with van der Waals surface area (Å²) in [5.74, 6) is 0.465. The molecule has 0 radical (unpaired) electrons. The Morgan fingerprint density at radius 1 is 1.19 bits per heavy atom. The van der Waals surface area contributed by atoms with Gasteiger partial charge in [-0.2, -0.15) is 4.98 Å². The molecule has 5 rings (SSSR count). The summed E-state index contributed by atoms with van der Waals surface area (Å²) in [7, 11) is 0. The van der Waals surface area contributed by atoms with Crippen molar-refractivity contribution < 1.29 is 27.1 Å². The number of nitrogen functional groups attached to an aromatic ring is 1. The van der Waals surface area contributed by atoms with Crippen molar-refractivity contribution in [2.45, 2.75) is 31.2 Å². The monoisotopic (exact) mass is 431 g/mol. The SMILES string of the molecule is Nc1nc2n(n1)[C@@H](c1ccc(OC(F)(F)F)cc1)C1=C(C[C@@H](c3ccco3)CC1=O)N2.